The topological polar surface area (TPSA) is 63.2 Å². The predicted octanol–water partition coefficient (Wildman–Crippen LogP) is 2.72. The Kier molecular flexibility index (Phi) is 6.18. The molecule has 0 bridgehead atoms. The molecule has 0 spiro atoms. The van der Waals surface area contributed by atoms with Crippen LogP contribution in [0.4, 0.5) is 5.82 Å². The summed E-state index contributed by atoms with van der Waals surface area (Å²) in [6.45, 7) is 1.67. The first-order chi connectivity index (χ1) is 10.7. The number of carbonyl (C=O) groups excluding carboxylic acids is 1. The molecule has 1 aromatic heterocycles. The van der Waals surface area contributed by atoms with Gasteiger partial charge in [0.05, 0.1) is 6.61 Å². The lowest BCUT2D eigenvalue weighted by Gasteiger charge is -2.08. The number of aromatic nitrogens is 1. The molecule has 1 amide bonds. The summed E-state index contributed by atoms with van der Waals surface area (Å²) >= 11 is 5.83. The van der Waals surface area contributed by atoms with Gasteiger partial charge in [-0.1, -0.05) is 23.7 Å². The number of carbonyl (C=O) groups is 1. The second kappa shape index (κ2) is 8.36. The summed E-state index contributed by atoms with van der Waals surface area (Å²) < 4.78 is 4.96. The Bertz CT molecular complexity index is 617. The minimum atomic E-state index is -0.146. The molecule has 0 aliphatic carbocycles. The van der Waals surface area contributed by atoms with Crippen LogP contribution in [-0.4, -0.2) is 31.2 Å². The fourth-order valence-corrected chi connectivity index (χ4v) is 1.96. The Morgan fingerprint density at radius 1 is 1.27 bits per heavy atom. The van der Waals surface area contributed by atoms with Crippen molar-refractivity contribution in [2.45, 2.75) is 6.54 Å². The van der Waals surface area contributed by atoms with Crippen LogP contribution in [0.1, 0.15) is 15.9 Å². The van der Waals surface area contributed by atoms with E-state index in [2.05, 4.69) is 15.6 Å². The third-order valence-electron chi connectivity index (χ3n) is 3.00. The van der Waals surface area contributed by atoms with E-state index in [4.69, 9.17) is 16.3 Å². The maximum absolute atomic E-state index is 12.1. The van der Waals surface area contributed by atoms with Gasteiger partial charge in [-0.05, 0) is 29.8 Å². The normalized spacial score (nSPS) is 10.3. The summed E-state index contributed by atoms with van der Waals surface area (Å²) in [7, 11) is 1.63. The van der Waals surface area contributed by atoms with Gasteiger partial charge in [0, 0.05) is 37.0 Å². The molecule has 0 fully saturated rings. The van der Waals surface area contributed by atoms with Crippen LogP contribution in [0.5, 0.6) is 0 Å². The summed E-state index contributed by atoms with van der Waals surface area (Å²) in [5.74, 6) is 0.503. The molecule has 2 aromatic rings. The SMILES string of the molecule is COCCNc1cc(C(=O)NCc2ccc(Cl)cc2)ccn1. The number of benzene rings is 1. The van der Waals surface area contributed by atoms with Crippen LogP contribution < -0.4 is 10.6 Å². The lowest BCUT2D eigenvalue weighted by atomic mass is 10.2. The lowest BCUT2D eigenvalue weighted by molar-refractivity contribution is 0.0951. The summed E-state index contributed by atoms with van der Waals surface area (Å²) in [5, 5.41) is 6.63. The highest BCUT2D eigenvalue weighted by molar-refractivity contribution is 6.30. The Morgan fingerprint density at radius 2 is 2.05 bits per heavy atom. The summed E-state index contributed by atoms with van der Waals surface area (Å²) in [6.07, 6.45) is 1.60. The number of rotatable bonds is 7. The van der Waals surface area contributed by atoms with E-state index >= 15 is 0 Å². The average Bonchev–Trinajstić information content (AvgIpc) is 2.54. The zero-order chi connectivity index (χ0) is 15.8. The molecule has 2 rings (SSSR count). The molecule has 0 saturated carbocycles. The first-order valence-corrected chi connectivity index (χ1v) is 7.28. The van der Waals surface area contributed by atoms with E-state index in [0.29, 0.717) is 36.1 Å². The van der Waals surface area contributed by atoms with Crippen molar-refractivity contribution in [1.29, 1.82) is 0 Å². The number of anilines is 1. The largest absolute Gasteiger partial charge is 0.383 e. The third kappa shape index (κ3) is 5.02. The van der Waals surface area contributed by atoms with Crippen molar-refractivity contribution in [2.24, 2.45) is 0 Å². The first kappa shape index (κ1) is 16.3. The average molecular weight is 320 g/mol. The number of methoxy groups -OCH3 is 1. The number of halogens is 1. The summed E-state index contributed by atoms with van der Waals surface area (Å²) in [6, 6.07) is 10.8. The van der Waals surface area contributed by atoms with E-state index in [1.807, 2.05) is 12.1 Å². The molecule has 116 valence electrons. The maximum atomic E-state index is 12.1. The van der Waals surface area contributed by atoms with Crippen molar-refractivity contribution >= 4 is 23.3 Å². The van der Waals surface area contributed by atoms with Gasteiger partial charge in [-0.2, -0.15) is 0 Å². The molecule has 1 heterocycles. The van der Waals surface area contributed by atoms with E-state index in [1.54, 1.807) is 37.6 Å². The van der Waals surface area contributed by atoms with Gasteiger partial charge < -0.3 is 15.4 Å². The predicted molar refractivity (Wildman–Crippen MR) is 87.2 cm³/mol. The van der Waals surface area contributed by atoms with Crippen molar-refractivity contribution < 1.29 is 9.53 Å². The number of hydrogen-bond acceptors (Lipinski definition) is 4. The van der Waals surface area contributed by atoms with Crippen LogP contribution in [0, 0.1) is 0 Å². The quantitative estimate of drug-likeness (QED) is 0.770. The minimum Gasteiger partial charge on any atom is -0.383 e. The van der Waals surface area contributed by atoms with Crippen molar-refractivity contribution in [2.75, 3.05) is 25.6 Å². The van der Waals surface area contributed by atoms with Crippen LogP contribution in [-0.2, 0) is 11.3 Å². The van der Waals surface area contributed by atoms with E-state index in [1.165, 1.54) is 0 Å². The van der Waals surface area contributed by atoms with E-state index in [0.717, 1.165) is 5.56 Å². The molecule has 1 aromatic carbocycles. The smallest absolute Gasteiger partial charge is 0.251 e. The molecule has 22 heavy (non-hydrogen) atoms. The molecular weight excluding hydrogens is 302 g/mol. The molecule has 5 nitrogen and oxygen atoms in total. The molecule has 0 unspecified atom stereocenters. The van der Waals surface area contributed by atoms with Crippen LogP contribution in [0.15, 0.2) is 42.6 Å². The van der Waals surface area contributed by atoms with E-state index in [-0.39, 0.29) is 5.91 Å². The van der Waals surface area contributed by atoms with Crippen LogP contribution in [0.2, 0.25) is 5.02 Å². The van der Waals surface area contributed by atoms with Crippen LogP contribution >= 0.6 is 11.6 Å². The molecule has 0 aliphatic heterocycles. The Labute approximate surface area is 134 Å². The number of ether oxygens (including phenoxy) is 1. The summed E-state index contributed by atoms with van der Waals surface area (Å²) in [4.78, 5) is 16.3. The third-order valence-corrected chi connectivity index (χ3v) is 3.25. The zero-order valence-corrected chi connectivity index (χ0v) is 13.1. The number of nitrogens with one attached hydrogen (secondary N) is 2. The van der Waals surface area contributed by atoms with Gasteiger partial charge in [-0.15, -0.1) is 0 Å². The standard InChI is InChI=1S/C16H18ClN3O2/c1-22-9-8-19-15-10-13(6-7-18-15)16(21)20-11-12-2-4-14(17)5-3-12/h2-7,10H,8-9,11H2,1H3,(H,18,19)(H,20,21). The highest BCUT2D eigenvalue weighted by atomic mass is 35.5. The fourth-order valence-electron chi connectivity index (χ4n) is 1.84. The number of pyridine rings is 1. The first-order valence-electron chi connectivity index (χ1n) is 6.90. The molecule has 0 aliphatic rings. The lowest BCUT2D eigenvalue weighted by Crippen LogP contribution is -2.23. The molecule has 0 saturated heterocycles. The van der Waals surface area contributed by atoms with Gasteiger partial charge in [0.25, 0.3) is 5.91 Å². The number of nitrogens with zero attached hydrogens (tertiary/aromatic N) is 1. The van der Waals surface area contributed by atoms with Crippen molar-refractivity contribution in [3.63, 3.8) is 0 Å². The molecule has 2 N–H and O–H groups in total. The monoisotopic (exact) mass is 319 g/mol. The minimum absolute atomic E-state index is 0.146. The van der Waals surface area contributed by atoms with E-state index < -0.39 is 0 Å². The highest BCUT2D eigenvalue weighted by Gasteiger charge is 2.06. The van der Waals surface area contributed by atoms with Crippen molar-refractivity contribution in [1.82, 2.24) is 10.3 Å². The Balaban J connectivity index is 1.91. The van der Waals surface area contributed by atoms with E-state index in [9.17, 15) is 4.79 Å². The van der Waals surface area contributed by atoms with Crippen molar-refractivity contribution in [3.8, 4) is 0 Å². The van der Waals surface area contributed by atoms with Crippen molar-refractivity contribution in [3.05, 3.63) is 58.7 Å². The molecular formula is C16H18ClN3O2. The second-order valence-corrected chi connectivity index (χ2v) is 5.09. The Morgan fingerprint density at radius 3 is 2.77 bits per heavy atom. The molecule has 0 atom stereocenters. The van der Waals surface area contributed by atoms with Gasteiger partial charge in [-0.25, -0.2) is 4.98 Å². The van der Waals surface area contributed by atoms with Crippen LogP contribution in [0.3, 0.4) is 0 Å². The maximum Gasteiger partial charge on any atom is 0.251 e. The number of hydrogen-bond donors (Lipinski definition) is 2. The molecule has 6 heteroatoms. The van der Waals surface area contributed by atoms with Crippen LogP contribution in [0.25, 0.3) is 0 Å². The Hall–Kier alpha value is -2.11. The zero-order valence-electron chi connectivity index (χ0n) is 12.3. The van der Waals surface area contributed by atoms with Gasteiger partial charge in [-0.3, -0.25) is 4.79 Å². The van der Waals surface area contributed by atoms with Gasteiger partial charge >= 0.3 is 0 Å². The van der Waals surface area contributed by atoms with Gasteiger partial charge in [0.1, 0.15) is 5.82 Å². The number of amides is 1. The molecule has 0 radical (unpaired) electrons. The summed E-state index contributed by atoms with van der Waals surface area (Å²) in [5.41, 5.74) is 1.55. The highest BCUT2D eigenvalue weighted by Crippen LogP contribution is 2.10. The second-order valence-electron chi connectivity index (χ2n) is 4.66. The van der Waals surface area contributed by atoms with Gasteiger partial charge in [0.15, 0.2) is 0 Å². The fraction of sp³-hybridized carbons (Fsp3) is 0.250. The van der Waals surface area contributed by atoms with Gasteiger partial charge in [0.2, 0.25) is 0 Å².